The van der Waals surface area contributed by atoms with E-state index in [0.29, 0.717) is 29.2 Å². The molecule has 1 aliphatic heterocycles. The number of hydrogen-bond acceptors (Lipinski definition) is 8. The van der Waals surface area contributed by atoms with Gasteiger partial charge in [-0.25, -0.2) is 9.59 Å². The molecule has 4 amide bonds. The average Bonchev–Trinajstić information content (AvgIpc) is 2.87. The number of benzene rings is 2. The van der Waals surface area contributed by atoms with E-state index in [2.05, 4.69) is 5.32 Å². The van der Waals surface area contributed by atoms with Crippen molar-refractivity contribution in [2.75, 3.05) is 26.9 Å². The number of aliphatic carboxylic acids is 1. The molecule has 38 heavy (non-hydrogen) atoms. The first-order valence-corrected chi connectivity index (χ1v) is 12.1. The highest BCUT2D eigenvalue weighted by atomic mass is 35.5. The van der Waals surface area contributed by atoms with Crippen LogP contribution in [0.25, 0.3) is 6.08 Å². The third-order valence-electron chi connectivity index (χ3n) is 5.20. The second-order valence-corrected chi connectivity index (χ2v) is 8.39. The van der Waals surface area contributed by atoms with Gasteiger partial charge in [0.25, 0.3) is 11.8 Å². The Bertz CT molecular complexity index is 1280. The predicted molar refractivity (Wildman–Crippen MR) is 137 cm³/mol. The van der Waals surface area contributed by atoms with Crippen molar-refractivity contribution in [2.24, 2.45) is 0 Å². The van der Waals surface area contributed by atoms with Gasteiger partial charge in [0.1, 0.15) is 5.57 Å². The molecule has 0 saturated carbocycles. The van der Waals surface area contributed by atoms with Crippen molar-refractivity contribution in [1.29, 1.82) is 0 Å². The molecule has 202 valence electrons. The zero-order valence-corrected chi connectivity index (χ0v) is 21.8. The van der Waals surface area contributed by atoms with Crippen LogP contribution in [0, 0.1) is 0 Å². The highest BCUT2D eigenvalue weighted by molar-refractivity contribution is 6.33. The standard InChI is InChI=1S/C26H27ClN2O9/c1-4-8-37-19-7-6-15(11-20(19)35-3)13-29-25(33)17(24(32)28-26(29)34)9-16-10-18(27)23(38-14-22(30)31)21(12-16)36-5-2/h6-7,9-12H,4-5,8,13-14H2,1-3H3,(H,30,31)(H,28,32,34)/b17-9+. The number of imide groups is 2. The summed E-state index contributed by atoms with van der Waals surface area (Å²) in [5.41, 5.74) is 0.565. The smallest absolute Gasteiger partial charge is 0.341 e. The Labute approximate surface area is 223 Å². The van der Waals surface area contributed by atoms with E-state index in [1.807, 2.05) is 6.92 Å². The number of rotatable bonds is 12. The fourth-order valence-corrected chi connectivity index (χ4v) is 3.81. The number of amides is 4. The maximum absolute atomic E-state index is 13.2. The van der Waals surface area contributed by atoms with E-state index in [-0.39, 0.29) is 35.2 Å². The number of carboxylic acids is 1. The van der Waals surface area contributed by atoms with Crippen LogP contribution in [0.2, 0.25) is 5.02 Å². The first-order valence-electron chi connectivity index (χ1n) is 11.7. The minimum absolute atomic E-state index is 0.00889. The van der Waals surface area contributed by atoms with Crippen LogP contribution in [-0.4, -0.2) is 60.8 Å². The summed E-state index contributed by atoms with van der Waals surface area (Å²) in [4.78, 5) is 50.1. The number of carbonyl (C=O) groups is 4. The Balaban J connectivity index is 1.90. The van der Waals surface area contributed by atoms with Gasteiger partial charge in [-0.2, -0.15) is 0 Å². The Morgan fingerprint density at radius 2 is 1.82 bits per heavy atom. The lowest BCUT2D eigenvalue weighted by molar-refractivity contribution is -0.139. The molecule has 0 spiro atoms. The third kappa shape index (κ3) is 6.74. The lowest BCUT2D eigenvalue weighted by Crippen LogP contribution is -2.53. The van der Waals surface area contributed by atoms with Crippen molar-refractivity contribution in [3.63, 3.8) is 0 Å². The van der Waals surface area contributed by atoms with Gasteiger partial charge in [0.15, 0.2) is 29.6 Å². The second-order valence-electron chi connectivity index (χ2n) is 7.99. The number of carbonyl (C=O) groups excluding carboxylic acids is 3. The summed E-state index contributed by atoms with van der Waals surface area (Å²) in [6, 6.07) is 6.99. The van der Waals surface area contributed by atoms with Crippen LogP contribution in [0.15, 0.2) is 35.9 Å². The molecule has 2 aromatic carbocycles. The molecule has 2 N–H and O–H groups in total. The van der Waals surface area contributed by atoms with Crippen molar-refractivity contribution >= 4 is 41.5 Å². The van der Waals surface area contributed by atoms with Gasteiger partial charge in [-0.3, -0.25) is 19.8 Å². The summed E-state index contributed by atoms with van der Waals surface area (Å²) in [6.45, 7) is 3.62. The van der Waals surface area contributed by atoms with Crippen LogP contribution < -0.4 is 24.3 Å². The van der Waals surface area contributed by atoms with Crippen LogP contribution in [-0.2, 0) is 20.9 Å². The van der Waals surface area contributed by atoms with E-state index in [1.54, 1.807) is 25.1 Å². The zero-order valence-electron chi connectivity index (χ0n) is 21.0. The van der Waals surface area contributed by atoms with Gasteiger partial charge < -0.3 is 24.1 Å². The van der Waals surface area contributed by atoms with Crippen molar-refractivity contribution in [2.45, 2.75) is 26.8 Å². The Morgan fingerprint density at radius 1 is 1.05 bits per heavy atom. The largest absolute Gasteiger partial charge is 0.493 e. The number of barbiturate groups is 1. The van der Waals surface area contributed by atoms with Crippen molar-refractivity contribution in [1.82, 2.24) is 10.2 Å². The van der Waals surface area contributed by atoms with Crippen LogP contribution in [0.1, 0.15) is 31.4 Å². The highest BCUT2D eigenvalue weighted by Gasteiger charge is 2.36. The molecular formula is C26H27ClN2O9. The van der Waals surface area contributed by atoms with E-state index < -0.39 is 30.4 Å². The van der Waals surface area contributed by atoms with Gasteiger partial charge in [0.2, 0.25) is 0 Å². The molecule has 0 unspecified atom stereocenters. The summed E-state index contributed by atoms with van der Waals surface area (Å²) in [5.74, 6) is -1.79. The Kier molecular flexibility index (Phi) is 9.55. The van der Waals surface area contributed by atoms with Crippen molar-refractivity contribution in [3.05, 3.63) is 52.1 Å². The van der Waals surface area contributed by atoms with Gasteiger partial charge in [0, 0.05) is 0 Å². The SMILES string of the molecule is CCCOc1ccc(CN2C(=O)NC(=O)/C(=C\c3cc(Cl)c(OCC(=O)O)c(OCC)c3)C2=O)cc1OC. The summed E-state index contributed by atoms with van der Waals surface area (Å²) >= 11 is 6.28. The highest BCUT2D eigenvalue weighted by Crippen LogP contribution is 2.37. The molecule has 0 aliphatic carbocycles. The minimum atomic E-state index is -1.20. The fraction of sp³-hybridized carbons (Fsp3) is 0.308. The number of halogens is 1. The predicted octanol–water partition coefficient (Wildman–Crippen LogP) is 3.66. The zero-order chi connectivity index (χ0) is 27.8. The number of nitrogens with one attached hydrogen (secondary N) is 1. The van der Waals surface area contributed by atoms with Gasteiger partial charge in [0.05, 0.1) is 31.9 Å². The third-order valence-corrected chi connectivity index (χ3v) is 5.48. The van der Waals surface area contributed by atoms with Gasteiger partial charge in [-0.15, -0.1) is 0 Å². The second kappa shape index (κ2) is 12.8. The summed E-state index contributed by atoms with van der Waals surface area (Å²) in [6.07, 6.45) is 2.07. The summed E-state index contributed by atoms with van der Waals surface area (Å²) < 4.78 is 21.7. The van der Waals surface area contributed by atoms with Crippen molar-refractivity contribution in [3.8, 4) is 23.0 Å². The molecule has 12 heteroatoms. The number of methoxy groups -OCH3 is 1. The maximum Gasteiger partial charge on any atom is 0.341 e. The van der Waals surface area contributed by atoms with E-state index in [9.17, 15) is 19.2 Å². The molecule has 11 nitrogen and oxygen atoms in total. The fourth-order valence-electron chi connectivity index (χ4n) is 3.54. The molecule has 2 aromatic rings. The first-order chi connectivity index (χ1) is 18.2. The maximum atomic E-state index is 13.2. The van der Waals surface area contributed by atoms with E-state index >= 15 is 0 Å². The molecule has 0 atom stereocenters. The molecule has 1 saturated heterocycles. The number of hydrogen-bond donors (Lipinski definition) is 2. The molecule has 0 aromatic heterocycles. The normalized spacial score (nSPS) is 14.4. The van der Waals surface area contributed by atoms with Gasteiger partial charge in [-0.1, -0.05) is 24.6 Å². The first kappa shape index (κ1) is 28.3. The molecule has 1 fully saturated rings. The molecular weight excluding hydrogens is 520 g/mol. The minimum Gasteiger partial charge on any atom is -0.493 e. The quantitative estimate of drug-likeness (QED) is 0.301. The lowest BCUT2D eigenvalue weighted by Gasteiger charge is -2.26. The van der Waals surface area contributed by atoms with E-state index in [1.165, 1.54) is 25.3 Å². The van der Waals surface area contributed by atoms with Crippen LogP contribution in [0.5, 0.6) is 23.0 Å². The number of urea groups is 1. The monoisotopic (exact) mass is 546 g/mol. The van der Waals surface area contributed by atoms with Gasteiger partial charge >= 0.3 is 12.0 Å². The number of nitrogens with zero attached hydrogens (tertiary/aromatic N) is 1. The topological polar surface area (TPSA) is 141 Å². The number of ether oxygens (including phenoxy) is 4. The molecule has 0 radical (unpaired) electrons. The summed E-state index contributed by atoms with van der Waals surface area (Å²) in [7, 11) is 1.48. The van der Waals surface area contributed by atoms with Crippen LogP contribution in [0.4, 0.5) is 4.79 Å². The van der Waals surface area contributed by atoms with Crippen molar-refractivity contribution < 1.29 is 43.2 Å². The van der Waals surface area contributed by atoms with E-state index in [4.69, 9.17) is 35.7 Å². The average molecular weight is 547 g/mol. The van der Waals surface area contributed by atoms with Crippen LogP contribution in [0.3, 0.4) is 0 Å². The van der Waals surface area contributed by atoms with E-state index in [0.717, 1.165) is 11.3 Å². The van der Waals surface area contributed by atoms with Crippen LogP contribution >= 0.6 is 11.6 Å². The molecule has 3 rings (SSSR count). The summed E-state index contributed by atoms with van der Waals surface area (Å²) in [5, 5.41) is 11.1. The molecule has 1 aliphatic rings. The van der Waals surface area contributed by atoms with Gasteiger partial charge in [-0.05, 0) is 54.8 Å². The Hall–Kier alpha value is -4.25. The molecule has 0 bridgehead atoms. The molecule has 1 heterocycles. The number of carboxylic acid groups (broad SMARTS) is 1. The Morgan fingerprint density at radius 3 is 2.47 bits per heavy atom. The lowest BCUT2D eigenvalue weighted by atomic mass is 10.1.